The first-order valence-electron chi connectivity index (χ1n) is 9.27. The van der Waals surface area contributed by atoms with Gasteiger partial charge in [-0.1, -0.05) is 24.6 Å². The molecular formula is C20H25N3O2. The summed E-state index contributed by atoms with van der Waals surface area (Å²) in [5.41, 5.74) is 1.75. The number of hydrogen-bond acceptors (Lipinski definition) is 2. The summed E-state index contributed by atoms with van der Waals surface area (Å²) in [4.78, 5) is 27.0. The van der Waals surface area contributed by atoms with Crippen LogP contribution in [0.5, 0.6) is 0 Å². The third-order valence-corrected chi connectivity index (χ3v) is 5.78. The molecule has 4 rings (SSSR count). The highest BCUT2D eigenvalue weighted by Gasteiger charge is 2.32. The van der Waals surface area contributed by atoms with E-state index in [2.05, 4.69) is 5.32 Å². The van der Waals surface area contributed by atoms with Crippen molar-refractivity contribution in [1.82, 2.24) is 14.8 Å². The highest BCUT2D eigenvalue weighted by molar-refractivity contribution is 5.98. The standard InChI is InChI=1S/C20H25N3O2/c1-22-17-8-3-2-5-15(17)13-18(22)19(24)21-16-9-11-23(12-10-16)20(25)14-6-4-7-14/h2-3,5,8,13-14,16H,4,6-7,9-12H2,1H3,(H,21,24). The molecule has 1 aliphatic heterocycles. The van der Waals surface area contributed by atoms with Crippen molar-refractivity contribution < 1.29 is 9.59 Å². The number of hydrogen-bond donors (Lipinski definition) is 1. The lowest BCUT2D eigenvalue weighted by Crippen LogP contribution is -2.49. The van der Waals surface area contributed by atoms with Gasteiger partial charge in [-0.2, -0.15) is 0 Å². The Labute approximate surface area is 148 Å². The number of rotatable bonds is 3. The summed E-state index contributed by atoms with van der Waals surface area (Å²) in [7, 11) is 1.93. The van der Waals surface area contributed by atoms with Crippen LogP contribution in [-0.4, -0.2) is 40.4 Å². The Morgan fingerprint density at radius 3 is 2.44 bits per heavy atom. The van der Waals surface area contributed by atoms with Crippen LogP contribution < -0.4 is 5.32 Å². The average Bonchev–Trinajstić information content (AvgIpc) is 2.91. The lowest BCUT2D eigenvalue weighted by Gasteiger charge is -2.36. The number of nitrogens with one attached hydrogen (secondary N) is 1. The van der Waals surface area contributed by atoms with Gasteiger partial charge in [0.25, 0.3) is 5.91 Å². The summed E-state index contributed by atoms with van der Waals surface area (Å²) in [5, 5.41) is 4.24. The number of amides is 2. The van der Waals surface area contributed by atoms with E-state index in [9.17, 15) is 9.59 Å². The second kappa shape index (κ2) is 6.54. The van der Waals surface area contributed by atoms with Gasteiger partial charge in [0.05, 0.1) is 0 Å². The number of benzene rings is 1. The topological polar surface area (TPSA) is 54.3 Å². The van der Waals surface area contributed by atoms with Gasteiger partial charge in [0.1, 0.15) is 5.69 Å². The van der Waals surface area contributed by atoms with Gasteiger partial charge in [0.15, 0.2) is 0 Å². The molecule has 0 unspecified atom stereocenters. The fourth-order valence-electron chi connectivity index (χ4n) is 3.92. The second-order valence-electron chi connectivity index (χ2n) is 7.35. The maximum absolute atomic E-state index is 12.7. The Balaban J connectivity index is 1.37. The maximum Gasteiger partial charge on any atom is 0.268 e. The smallest absolute Gasteiger partial charge is 0.268 e. The van der Waals surface area contributed by atoms with E-state index in [1.165, 1.54) is 6.42 Å². The molecule has 25 heavy (non-hydrogen) atoms. The molecule has 0 radical (unpaired) electrons. The molecule has 2 fully saturated rings. The van der Waals surface area contributed by atoms with Crippen molar-refractivity contribution in [3.05, 3.63) is 36.0 Å². The van der Waals surface area contributed by atoms with E-state index in [0.29, 0.717) is 11.6 Å². The highest BCUT2D eigenvalue weighted by atomic mass is 16.2. The van der Waals surface area contributed by atoms with E-state index in [0.717, 1.165) is 49.7 Å². The summed E-state index contributed by atoms with van der Waals surface area (Å²) in [6.07, 6.45) is 4.98. The molecule has 132 valence electrons. The van der Waals surface area contributed by atoms with Crippen LogP contribution in [0, 0.1) is 5.92 Å². The van der Waals surface area contributed by atoms with Gasteiger partial charge in [-0.3, -0.25) is 9.59 Å². The van der Waals surface area contributed by atoms with Gasteiger partial charge in [0, 0.05) is 43.0 Å². The number of likely N-dealkylation sites (tertiary alicyclic amines) is 1. The summed E-state index contributed by atoms with van der Waals surface area (Å²) < 4.78 is 1.94. The molecule has 2 aromatic rings. The Hall–Kier alpha value is -2.30. The van der Waals surface area contributed by atoms with E-state index in [-0.39, 0.29) is 17.9 Å². The molecular weight excluding hydrogens is 314 g/mol. The van der Waals surface area contributed by atoms with E-state index in [1.54, 1.807) is 0 Å². The van der Waals surface area contributed by atoms with Crippen molar-refractivity contribution in [2.75, 3.05) is 13.1 Å². The van der Waals surface area contributed by atoms with Crippen LogP contribution in [0.3, 0.4) is 0 Å². The minimum absolute atomic E-state index is 0.0255. The van der Waals surface area contributed by atoms with Crippen LogP contribution in [0.2, 0.25) is 0 Å². The lowest BCUT2D eigenvalue weighted by atomic mass is 9.84. The van der Waals surface area contributed by atoms with Crippen molar-refractivity contribution in [1.29, 1.82) is 0 Å². The Morgan fingerprint density at radius 2 is 1.80 bits per heavy atom. The van der Waals surface area contributed by atoms with Crippen molar-refractivity contribution >= 4 is 22.7 Å². The Bertz CT molecular complexity index is 798. The average molecular weight is 339 g/mol. The number of aryl methyl sites for hydroxylation is 1. The van der Waals surface area contributed by atoms with Crippen LogP contribution in [0.1, 0.15) is 42.6 Å². The molecule has 2 aliphatic rings. The minimum atomic E-state index is -0.0255. The van der Waals surface area contributed by atoms with Crippen LogP contribution in [0.4, 0.5) is 0 Å². The summed E-state index contributed by atoms with van der Waals surface area (Å²) in [6, 6.07) is 10.1. The maximum atomic E-state index is 12.7. The summed E-state index contributed by atoms with van der Waals surface area (Å²) in [5.74, 6) is 0.564. The quantitative estimate of drug-likeness (QED) is 0.935. The predicted molar refractivity (Wildman–Crippen MR) is 97.3 cm³/mol. The molecule has 0 atom stereocenters. The van der Waals surface area contributed by atoms with Gasteiger partial charge in [-0.05, 0) is 37.8 Å². The normalized spacial score (nSPS) is 19.0. The zero-order valence-electron chi connectivity index (χ0n) is 14.7. The first-order chi connectivity index (χ1) is 12.1. The molecule has 1 saturated heterocycles. The molecule has 1 N–H and O–H groups in total. The van der Waals surface area contributed by atoms with E-state index < -0.39 is 0 Å². The fourth-order valence-corrected chi connectivity index (χ4v) is 3.92. The molecule has 1 aliphatic carbocycles. The number of para-hydroxylation sites is 1. The van der Waals surface area contributed by atoms with Gasteiger partial charge in [-0.25, -0.2) is 0 Å². The van der Waals surface area contributed by atoms with Crippen LogP contribution in [0.15, 0.2) is 30.3 Å². The highest BCUT2D eigenvalue weighted by Crippen LogP contribution is 2.29. The molecule has 5 nitrogen and oxygen atoms in total. The number of nitrogens with zero attached hydrogens (tertiary/aromatic N) is 2. The molecule has 5 heteroatoms. The summed E-state index contributed by atoms with van der Waals surface area (Å²) >= 11 is 0. The second-order valence-corrected chi connectivity index (χ2v) is 7.35. The molecule has 0 bridgehead atoms. The lowest BCUT2D eigenvalue weighted by molar-refractivity contribution is -0.139. The van der Waals surface area contributed by atoms with Crippen LogP contribution >= 0.6 is 0 Å². The third-order valence-electron chi connectivity index (χ3n) is 5.78. The fraction of sp³-hybridized carbons (Fsp3) is 0.500. The van der Waals surface area contributed by atoms with E-state index >= 15 is 0 Å². The monoisotopic (exact) mass is 339 g/mol. The number of carbonyl (C=O) groups excluding carboxylic acids is 2. The van der Waals surface area contributed by atoms with Gasteiger partial charge in [-0.15, -0.1) is 0 Å². The Kier molecular flexibility index (Phi) is 4.24. The number of fused-ring (bicyclic) bond motifs is 1. The number of carbonyl (C=O) groups is 2. The van der Waals surface area contributed by atoms with Gasteiger partial charge in [0.2, 0.25) is 5.91 Å². The van der Waals surface area contributed by atoms with Crippen LogP contribution in [-0.2, 0) is 11.8 Å². The van der Waals surface area contributed by atoms with Crippen LogP contribution in [0.25, 0.3) is 10.9 Å². The van der Waals surface area contributed by atoms with Crippen molar-refractivity contribution in [2.45, 2.75) is 38.1 Å². The third kappa shape index (κ3) is 3.03. The molecule has 2 heterocycles. The first-order valence-corrected chi connectivity index (χ1v) is 9.27. The molecule has 2 amide bonds. The van der Waals surface area contributed by atoms with E-state index in [1.807, 2.05) is 46.8 Å². The van der Waals surface area contributed by atoms with Crippen molar-refractivity contribution in [3.63, 3.8) is 0 Å². The largest absolute Gasteiger partial charge is 0.348 e. The van der Waals surface area contributed by atoms with E-state index in [4.69, 9.17) is 0 Å². The number of aromatic nitrogens is 1. The zero-order chi connectivity index (χ0) is 17.4. The molecule has 1 saturated carbocycles. The Morgan fingerprint density at radius 1 is 1.08 bits per heavy atom. The van der Waals surface area contributed by atoms with Gasteiger partial charge >= 0.3 is 0 Å². The van der Waals surface area contributed by atoms with Gasteiger partial charge < -0.3 is 14.8 Å². The number of piperidine rings is 1. The van der Waals surface area contributed by atoms with Crippen molar-refractivity contribution in [2.24, 2.45) is 13.0 Å². The minimum Gasteiger partial charge on any atom is -0.348 e. The molecule has 0 spiro atoms. The zero-order valence-corrected chi connectivity index (χ0v) is 14.7. The summed E-state index contributed by atoms with van der Waals surface area (Å²) in [6.45, 7) is 1.52. The van der Waals surface area contributed by atoms with Crippen molar-refractivity contribution in [3.8, 4) is 0 Å². The first kappa shape index (κ1) is 16.2. The molecule has 1 aromatic heterocycles. The SMILES string of the molecule is Cn1c(C(=O)NC2CCN(C(=O)C3CCC3)CC2)cc2ccccc21. The molecule has 1 aromatic carbocycles. The predicted octanol–water partition coefficient (Wildman–Crippen LogP) is 2.70.